The fraction of sp³-hybridized carbons (Fsp3) is 0.462. The van der Waals surface area contributed by atoms with Gasteiger partial charge in [0.15, 0.2) is 5.78 Å². The number of carbonyl (C=O) groups excluding carboxylic acids is 1. The molecule has 0 bridgehead atoms. The molecule has 0 saturated carbocycles. The van der Waals surface area contributed by atoms with E-state index in [4.69, 9.17) is 0 Å². The minimum atomic E-state index is 0.215. The second kappa shape index (κ2) is 4.58. The van der Waals surface area contributed by atoms with Gasteiger partial charge in [-0.15, -0.1) is 0 Å². The maximum atomic E-state index is 11.4. The van der Waals surface area contributed by atoms with Crippen LogP contribution < -0.4 is 0 Å². The van der Waals surface area contributed by atoms with E-state index < -0.39 is 0 Å². The molecule has 0 fully saturated rings. The van der Waals surface area contributed by atoms with Crippen molar-refractivity contribution in [1.29, 1.82) is 0 Å². The van der Waals surface area contributed by atoms with Gasteiger partial charge < -0.3 is 4.48 Å². The summed E-state index contributed by atoms with van der Waals surface area (Å²) < 4.78 is 0.904. The van der Waals surface area contributed by atoms with Crippen LogP contribution in [0.1, 0.15) is 29.3 Å². The molecule has 1 aromatic carbocycles. The second-order valence-electron chi connectivity index (χ2n) is 4.92. The van der Waals surface area contributed by atoms with Gasteiger partial charge in [0.05, 0.1) is 21.1 Å². The Labute approximate surface area is 92.1 Å². The lowest BCUT2D eigenvalue weighted by molar-refractivity contribution is -0.884. The van der Waals surface area contributed by atoms with Gasteiger partial charge in [-0.25, -0.2) is 0 Å². The summed E-state index contributed by atoms with van der Waals surface area (Å²) in [7, 11) is 6.47. The Balaban J connectivity index is 2.77. The van der Waals surface area contributed by atoms with Crippen molar-refractivity contribution < 1.29 is 9.28 Å². The SMILES string of the molecule is CCC(=O)c1ccc(C[N+](C)(C)C)cc1. The molecule has 1 rings (SSSR count). The minimum Gasteiger partial charge on any atom is -0.327 e. The number of nitrogens with zero attached hydrogens (tertiary/aromatic N) is 1. The van der Waals surface area contributed by atoms with E-state index in [1.165, 1.54) is 5.56 Å². The van der Waals surface area contributed by atoms with E-state index in [1.54, 1.807) is 0 Å². The van der Waals surface area contributed by atoms with E-state index >= 15 is 0 Å². The van der Waals surface area contributed by atoms with Gasteiger partial charge in [-0.1, -0.05) is 31.2 Å². The van der Waals surface area contributed by atoms with E-state index in [1.807, 2.05) is 31.2 Å². The Morgan fingerprint density at radius 1 is 1.13 bits per heavy atom. The van der Waals surface area contributed by atoms with Crippen LogP contribution in [0.5, 0.6) is 0 Å². The molecule has 82 valence electrons. The predicted octanol–water partition coefficient (Wildman–Crippen LogP) is 2.49. The number of carbonyl (C=O) groups is 1. The van der Waals surface area contributed by atoms with Crippen LogP contribution in [-0.4, -0.2) is 31.4 Å². The summed E-state index contributed by atoms with van der Waals surface area (Å²) in [6, 6.07) is 7.95. The Bertz CT molecular complexity index is 333. The third-order valence-corrected chi connectivity index (χ3v) is 2.25. The van der Waals surface area contributed by atoms with Gasteiger partial charge in [-0.2, -0.15) is 0 Å². The van der Waals surface area contributed by atoms with Crippen LogP contribution in [-0.2, 0) is 6.54 Å². The number of quaternary nitrogens is 1. The molecule has 0 saturated heterocycles. The van der Waals surface area contributed by atoms with Crippen LogP contribution >= 0.6 is 0 Å². The summed E-state index contributed by atoms with van der Waals surface area (Å²) in [5.74, 6) is 0.215. The Hall–Kier alpha value is -1.15. The molecule has 0 aliphatic carbocycles. The number of hydrogen-bond acceptors (Lipinski definition) is 1. The number of benzene rings is 1. The maximum absolute atomic E-state index is 11.4. The zero-order chi connectivity index (χ0) is 11.5. The number of rotatable bonds is 4. The second-order valence-corrected chi connectivity index (χ2v) is 4.92. The van der Waals surface area contributed by atoms with Crippen molar-refractivity contribution in [2.75, 3.05) is 21.1 Å². The smallest absolute Gasteiger partial charge is 0.162 e. The fourth-order valence-corrected chi connectivity index (χ4v) is 1.55. The molecule has 0 aliphatic rings. The van der Waals surface area contributed by atoms with Gasteiger partial charge >= 0.3 is 0 Å². The summed E-state index contributed by atoms with van der Waals surface area (Å²) in [6.45, 7) is 2.88. The van der Waals surface area contributed by atoms with Crippen LogP contribution in [0.2, 0.25) is 0 Å². The first-order chi connectivity index (χ1) is 6.92. The number of Topliss-reactive ketones (excluding diaryl/α,β-unsaturated/α-hetero) is 1. The summed E-state index contributed by atoms with van der Waals surface area (Å²) in [5, 5.41) is 0. The molecule has 0 aliphatic heterocycles. The molecule has 15 heavy (non-hydrogen) atoms. The highest BCUT2D eigenvalue weighted by Crippen LogP contribution is 2.10. The standard InChI is InChI=1S/C13H20NO/c1-5-13(15)12-8-6-11(7-9-12)10-14(2,3)4/h6-9H,5,10H2,1-4H3/q+1. The van der Waals surface area contributed by atoms with Crippen LogP contribution in [0.25, 0.3) is 0 Å². The molecule has 0 amide bonds. The average molecular weight is 206 g/mol. The topological polar surface area (TPSA) is 17.1 Å². The summed E-state index contributed by atoms with van der Waals surface area (Å²) in [4.78, 5) is 11.4. The van der Waals surface area contributed by atoms with Crippen molar-refractivity contribution in [3.8, 4) is 0 Å². The predicted molar refractivity (Wildman–Crippen MR) is 62.8 cm³/mol. The van der Waals surface area contributed by atoms with E-state index in [2.05, 4.69) is 21.1 Å². The first-order valence-electron chi connectivity index (χ1n) is 5.35. The highest BCUT2D eigenvalue weighted by molar-refractivity contribution is 5.95. The first kappa shape index (κ1) is 11.9. The molecule has 0 aromatic heterocycles. The highest BCUT2D eigenvalue weighted by Gasteiger charge is 2.09. The van der Waals surface area contributed by atoms with E-state index in [0.717, 1.165) is 16.6 Å². The van der Waals surface area contributed by atoms with Gasteiger partial charge in [-0.3, -0.25) is 4.79 Å². The van der Waals surface area contributed by atoms with Gasteiger partial charge in [-0.05, 0) is 0 Å². The lowest BCUT2D eigenvalue weighted by Gasteiger charge is -2.23. The molecular formula is C13H20NO+. The van der Waals surface area contributed by atoms with Crippen molar-refractivity contribution in [2.24, 2.45) is 0 Å². The summed E-state index contributed by atoms with van der Waals surface area (Å²) in [5.41, 5.74) is 2.10. The van der Waals surface area contributed by atoms with Crippen molar-refractivity contribution in [2.45, 2.75) is 19.9 Å². The highest BCUT2D eigenvalue weighted by atomic mass is 16.1. The average Bonchev–Trinajstić information content (AvgIpc) is 2.15. The monoisotopic (exact) mass is 206 g/mol. The third-order valence-electron chi connectivity index (χ3n) is 2.25. The minimum absolute atomic E-state index is 0.215. The Morgan fingerprint density at radius 2 is 1.67 bits per heavy atom. The first-order valence-corrected chi connectivity index (χ1v) is 5.35. The van der Waals surface area contributed by atoms with E-state index in [-0.39, 0.29) is 5.78 Å². The zero-order valence-electron chi connectivity index (χ0n) is 10.1. The quantitative estimate of drug-likeness (QED) is 0.546. The molecule has 0 radical (unpaired) electrons. The molecule has 0 unspecified atom stereocenters. The van der Waals surface area contributed by atoms with E-state index in [9.17, 15) is 4.79 Å². The van der Waals surface area contributed by atoms with E-state index in [0.29, 0.717) is 6.42 Å². The van der Waals surface area contributed by atoms with Crippen LogP contribution in [0.3, 0.4) is 0 Å². The molecular weight excluding hydrogens is 186 g/mol. The molecule has 2 heteroatoms. The van der Waals surface area contributed by atoms with Crippen LogP contribution in [0.15, 0.2) is 24.3 Å². The molecule has 0 N–H and O–H groups in total. The van der Waals surface area contributed by atoms with Gasteiger partial charge in [0, 0.05) is 17.5 Å². The molecule has 0 atom stereocenters. The Kier molecular flexibility index (Phi) is 3.64. The summed E-state index contributed by atoms with van der Waals surface area (Å²) >= 11 is 0. The van der Waals surface area contributed by atoms with Crippen molar-refractivity contribution in [3.05, 3.63) is 35.4 Å². The molecule has 0 heterocycles. The number of hydrogen-bond donors (Lipinski definition) is 0. The normalized spacial score (nSPS) is 11.5. The Morgan fingerprint density at radius 3 is 2.07 bits per heavy atom. The molecule has 0 spiro atoms. The fourth-order valence-electron chi connectivity index (χ4n) is 1.55. The molecule has 2 nitrogen and oxygen atoms in total. The van der Waals surface area contributed by atoms with Gasteiger partial charge in [0.25, 0.3) is 0 Å². The van der Waals surface area contributed by atoms with Gasteiger partial charge in [0.2, 0.25) is 0 Å². The summed E-state index contributed by atoms with van der Waals surface area (Å²) in [6.07, 6.45) is 0.578. The lowest BCUT2D eigenvalue weighted by atomic mass is 10.1. The maximum Gasteiger partial charge on any atom is 0.162 e. The zero-order valence-corrected chi connectivity index (χ0v) is 10.1. The van der Waals surface area contributed by atoms with Gasteiger partial charge in [0.1, 0.15) is 6.54 Å². The van der Waals surface area contributed by atoms with Crippen LogP contribution in [0, 0.1) is 0 Å². The van der Waals surface area contributed by atoms with Crippen molar-refractivity contribution >= 4 is 5.78 Å². The van der Waals surface area contributed by atoms with Crippen LogP contribution in [0.4, 0.5) is 0 Å². The number of ketones is 1. The lowest BCUT2D eigenvalue weighted by Crippen LogP contribution is -2.33. The molecule has 1 aromatic rings. The van der Waals surface area contributed by atoms with Crippen molar-refractivity contribution in [3.63, 3.8) is 0 Å². The van der Waals surface area contributed by atoms with Crippen molar-refractivity contribution in [1.82, 2.24) is 0 Å². The third kappa shape index (κ3) is 3.84. The largest absolute Gasteiger partial charge is 0.327 e.